The summed E-state index contributed by atoms with van der Waals surface area (Å²) >= 11 is 12.0. The number of allylic oxidation sites excluding steroid dienone is 1. The minimum Gasteiger partial charge on any atom is -0.382 e. The molecule has 0 radical (unpaired) electrons. The number of para-hydroxylation sites is 1. The van der Waals surface area contributed by atoms with Gasteiger partial charge in [0.1, 0.15) is 34.2 Å². The maximum Gasteiger partial charge on any atom is 0.288 e. The summed E-state index contributed by atoms with van der Waals surface area (Å²) in [6.45, 7) is 0. The lowest BCUT2D eigenvalue weighted by Gasteiger charge is -2.03. The lowest BCUT2D eigenvalue weighted by molar-refractivity contribution is -0.384. The van der Waals surface area contributed by atoms with Crippen LogP contribution in [0.3, 0.4) is 0 Å². The van der Waals surface area contributed by atoms with Crippen LogP contribution in [0.25, 0.3) is 17.3 Å². The van der Waals surface area contributed by atoms with Crippen LogP contribution in [0, 0.1) is 32.8 Å². The van der Waals surface area contributed by atoms with Gasteiger partial charge in [0.15, 0.2) is 0 Å². The molecular formula is C19H10Cl2N6O2. The SMILES string of the molecule is N#C/C(=C\c1cc([N+](=O)[O-])c(Cl)cc1Cl)c1nn(-c2ccccc2)c(N)c1C#N. The van der Waals surface area contributed by atoms with Crippen LogP contribution in [0.1, 0.15) is 16.8 Å². The number of aromatic nitrogens is 2. The van der Waals surface area contributed by atoms with Crippen molar-refractivity contribution in [2.45, 2.75) is 0 Å². The molecule has 2 N–H and O–H groups in total. The predicted molar refractivity (Wildman–Crippen MR) is 109 cm³/mol. The molecule has 1 aromatic heterocycles. The van der Waals surface area contributed by atoms with Crippen molar-refractivity contribution in [2.75, 3.05) is 5.73 Å². The Labute approximate surface area is 174 Å². The van der Waals surface area contributed by atoms with Gasteiger partial charge in [0.2, 0.25) is 0 Å². The molecule has 8 nitrogen and oxygen atoms in total. The molecule has 3 rings (SSSR count). The smallest absolute Gasteiger partial charge is 0.288 e. The van der Waals surface area contributed by atoms with Gasteiger partial charge < -0.3 is 5.73 Å². The molecule has 3 aromatic rings. The molecule has 0 saturated heterocycles. The van der Waals surface area contributed by atoms with E-state index >= 15 is 0 Å². The second kappa shape index (κ2) is 8.03. The number of nitrogen functional groups attached to an aromatic ring is 1. The first-order chi connectivity index (χ1) is 13.9. The predicted octanol–water partition coefficient (Wildman–Crippen LogP) is 4.61. The zero-order valence-electron chi connectivity index (χ0n) is 14.5. The van der Waals surface area contributed by atoms with Crippen LogP contribution in [0.2, 0.25) is 10.0 Å². The highest BCUT2D eigenvalue weighted by Gasteiger charge is 2.21. The first kappa shape index (κ1) is 19.9. The molecule has 0 fully saturated rings. The van der Waals surface area contributed by atoms with Gasteiger partial charge >= 0.3 is 0 Å². The van der Waals surface area contributed by atoms with Crippen molar-refractivity contribution in [3.8, 4) is 17.8 Å². The number of anilines is 1. The number of hydrogen-bond acceptors (Lipinski definition) is 6. The molecule has 0 aliphatic heterocycles. The first-order valence-corrected chi connectivity index (χ1v) is 8.72. The molecule has 0 spiro atoms. The fraction of sp³-hybridized carbons (Fsp3) is 0. The molecule has 0 atom stereocenters. The van der Waals surface area contributed by atoms with Crippen LogP contribution >= 0.6 is 23.2 Å². The van der Waals surface area contributed by atoms with Crippen molar-refractivity contribution >= 4 is 46.4 Å². The standard InChI is InChI=1S/C19H10Cl2N6O2/c20-15-8-16(21)17(27(28)29)7-11(15)6-12(9-22)18-14(10-23)19(24)26(25-18)13-4-2-1-3-5-13/h1-8H,24H2/b12-6+. The highest BCUT2D eigenvalue weighted by molar-refractivity contribution is 6.37. The fourth-order valence-corrected chi connectivity index (χ4v) is 3.12. The number of benzene rings is 2. The largest absolute Gasteiger partial charge is 0.382 e. The van der Waals surface area contributed by atoms with Crippen LogP contribution < -0.4 is 5.73 Å². The van der Waals surface area contributed by atoms with Gasteiger partial charge in [0, 0.05) is 16.7 Å². The number of nitriles is 2. The maximum atomic E-state index is 11.1. The van der Waals surface area contributed by atoms with Gasteiger partial charge in [-0.1, -0.05) is 41.4 Å². The molecule has 29 heavy (non-hydrogen) atoms. The lowest BCUT2D eigenvalue weighted by Crippen LogP contribution is -2.02. The van der Waals surface area contributed by atoms with Crippen molar-refractivity contribution in [2.24, 2.45) is 0 Å². The molecule has 2 aromatic carbocycles. The number of halogens is 2. The van der Waals surface area contributed by atoms with Gasteiger partial charge in [-0.2, -0.15) is 15.6 Å². The number of nitro benzene ring substituents is 1. The van der Waals surface area contributed by atoms with Crippen molar-refractivity contribution in [3.05, 3.63) is 79.4 Å². The van der Waals surface area contributed by atoms with E-state index < -0.39 is 4.92 Å². The zero-order valence-corrected chi connectivity index (χ0v) is 16.0. The Morgan fingerprint density at radius 1 is 1.21 bits per heavy atom. The summed E-state index contributed by atoms with van der Waals surface area (Å²) in [5, 5.41) is 34.6. The first-order valence-electron chi connectivity index (χ1n) is 7.97. The van der Waals surface area contributed by atoms with E-state index in [4.69, 9.17) is 28.9 Å². The summed E-state index contributed by atoms with van der Waals surface area (Å²) in [6, 6.07) is 15.1. The number of nitrogens with two attached hydrogens (primary N) is 1. The van der Waals surface area contributed by atoms with Gasteiger partial charge in [-0.25, -0.2) is 4.68 Å². The second-order valence-electron chi connectivity index (χ2n) is 5.72. The summed E-state index contributed by atoms with van der Waals surface area (Å²) in [5.41, 5.74) is 6.46. The molecule has 142 valence electrons. The normalized spacial score (nSPS) is 11.0. The Kier molecular flexibility index (Phi) is 5.51. The van der Waals surface area contributed by atoms with E-state index in [2.05, 4.69) is 5.10 Å². The number of nitrogens with zero attached hydrogens (tertiary/aromatic N) is 5. The van der Waals surface area contributed by atoms with Gasteiger partial charge in [0.05, 0.1) is 16.2 Å². The molecule has 0 aliphatic carbocycles. The third-order valence-electron chi connectivity index (χ3n) is 3.97. The molecule has 10 heteroatoms. The average molecular weight is 425 g/mol. The van der Waals surface area contributed by atoms with Crippen molar-refractivity contribution in [1.29, 1.82) is 10.5 Å². The molecule has 0 saturated carbocycles. The molecular weight excluding hydrogens is 415 g/mol. The van der Waals surface area contributed by atoms with E-state index in [0.717, 1.165) is 6.07 Å². The highest BCUT2D eigenvalue weighted by atomic mass is 35.5. The van der Waals surface area contributed by atoms with E-state index in [1.807, 2.05) is 18.2 Å². The summed E-state index contributed by atoms with van der Waals surface area (Å²) in [7, 11) is 0. The van der Waals surface area contributed by atoms with Crippen LogP contribution in [0.15, 0.2) is 42.5 Å². The average Bonchev–Trinajstić information content (AvgIpc) is 3.04. The third kappa shape index (κ3) is 3.76. The fourth-order valence-electron chi connectivity index (χ4n) is 2.61. The Morgan fingerprint density at radius 3 is 2.48 bits per heavy atom. The Morgan fingerprint density at radius 2 is 1.90 bits per heavy atom. The van der Waals surface area contributed by atoms with E-state index in [1.54, 1.807) is 24.3 Å². The van der Waals surface area contributed by atoms with Gasteiger partial charge in [-0.05, 0) is 24.3 Å². The van der Waals surface area contributed by atoms with Crippen molar-refractivity contribution < 1.29 is 4.92 Å². The van der Waals surface area contributed by atoms with E-state index in [9.17, 15) is 20.6 Å². The Hall–Kier alpha value is -3.85. The van der Waals surface area contributed by atoms with Gasteiger partial charge in [0.25, 0.3) is 5.69 Å². The highest BCUT2D eigenvalue weighted by Crippen LogP contribution is 2.34. The minimum absolute atomic E-state index is 0.00115. The number of hydrogen-bond donors (Lipinski definition) is 1. The van der Waals surface area contributed by atoms with Crippen LogP contribution in [-0.4, -0.2) is 14.7 Å². The summed E-state index contributed by atoms with van der Waals surface area (Å²) < 4.78 is 1.34. The maximum absolute atomic E-state index is 11.1. The van der Waals surface area contributed by atoms with Crippen LogP contribution in [-0.2, 0) is 0 Å². The second-order valence-corrected chi connectivity index (χ2v) is 6.53. The van der Waals surface area contributed by atoms with Crippen molar-refractivity contribution in [1.82, 2.24) is 9.78 Å². The molecule has 0 aliphatic rings. The van der Waals surface area contributed by atoms with Gasteiger partial charge in [-0.3, -0.25) is 10.1 Å². The molecule has 0 amide bonds. The zero-order chi connectivity index (χ0) is 21.1. The van der Waals surface area contributed by atoms with Crippen molar-refractivity contribution in [3.63, 3.8) is 0 Å². The quantitative estimate of drug-likeness (QED) is 0.369. The Bertz CT molecular complexity index is 1240. The van der Waals surface area contributed by atoms with E-state index in [1.165, 1.54) is 16.8 Å². The van der Waals surface area contributed by atoms with E-state index in [0.29, 0.717) is 5.69 Å². The summed E-state index contributed by atoms with van der Waals surface area (Å²) in [4.78, 5) is 10.5. The molecule has 0 bridgehead atoms. The Balaban J connectivity index is 2.20. The minimum atomic E-state index is -0.662. The number of nitro groups is 1. The molecule has 0 unspecified atom stereocenters. The van der Waals surface area contributed by atoms with E-state index in [-0.39, 0.29) is 43.9 Å². The summed E-state index contributed by atoms with van der Waals surface area (Å²) in [5.74, 6) is 0.0584. The summed E-state index contributed by atoms with van der Waals surface area (Å²) in [6.07, 6.45) is 1.30. The number of rotatable bonds is 4. The third-order valence-corrected chi connectivity index (χ3v) is 4.60. The topological polar surface area (TPSA) is 135 Å². The van der Waals surface area contributed by atoms with Crippen LogP contribution in [0.4, 0.5) is 11.5 Å². The van der Waals surface area contributed by atoms with Crippen LogP contribution in [0.5, 0.6) is 0 Å². The molecule has 1 heterocycles. The van der Waals surface area contributed by atoms with Gasteiger partial charge in [-0.15, -0.1) is 0 Å². The lowest BCUT2D eigenvalue weighted by atomic mass is 10.1. The monoisotopic (exact) mass is 424 g/mol.